The largest absolute Gasteiger partial charge is 0.465 e. The van der Waals surface area contributed by atoms with Gasteiger partial charge < -0.3 is 4.42 Å². The quantitative estimate of drug-likeness (QED) is 0.537. The number of nitrogens with zero attached hydrogens (tertiary/aromatic N) is 1. The SMILES string of the molecule is CC(C)c1cc(C(C)C)c(S(=O)(=O)/N=C/C=C/c2ccco2)c(C(C)C)c1. The maximum atomic E-state index is 13.1. The first kappa shape index (κ1) is 21.2. The van der Waals surface area contributed by atoms with E-state index in [-0.39, 0.29) is 11.8 Å². The second-order valence-electron chi connectivity index (χ2n) is 7.60. The first-order valence-electron chi connectivity index (χ1n) is 9.31. The standard InChI is InChI=1S/C22H29NO3S/c1-15(2)18-13-20(16(3)4)22(21(14-18)17(5)6)27(24,25)23-11-7-9-19-10-8-12-26-19/h7-17H,1-6H3/b9-7+,23-11+. The topological polar surface area (TPSA) is 59.6 Å². The van der Waals surface area contributed by atoms with Crippen LogP contribution in [0.25, 0.3) is 6.08 Å². The lowest BCUT2D eigenvalue weighted by molar-refractivity contribution is 0.557. The predicted molar refractivity (Wildman–Crippen MR) is 112 cm³/mol. The molecule has 0 spiro atoms. The molecule has 1 aromatic heterocycles. The Morgan fingerprint density at radius 1 is 0.963 bits per heavy atom. The molecule has 0 amide bonds. The molecule has 1 aromatic carbocycles. The summed E-state index contributed by atoms with van der Waals surface area (Å²) in [5, 5.41) is 0. The van der Waals surface area contributed by atoms with Gasteiger partial charge in [0.25, 0.3) is 10.0 Å². The molecule has 0 aliphatic rings. The van der Waals surface area contributed by atoms with Crippen LogP contribution in [0.1, 0.15) is 81.7 Å². The number of hydrogen-bond acceptors (Lipinski definition) is 3. The molecule has 2 rings (SSSR count). The van der Waals surface area contributed by atoms with Crippen molar-refractivity contribution in [1.82, 2.24) is 0 Å². The van der Waals surface area contributed by atoms with Crippen molar-refractivity contribution < 1.29 is 12.8 Å². The van der Waals surface area contributed by atoms with Crippen LogP contribution in [0.15, 0.2) is 50.3 Å². The van der Waals surface area contributed by atoms with Crippen molar-refractivity contribution in [3.8, 4) is 0 Å². The summed E-state index contributed by atoms with van der Waals surface area (Å²) in [4.78, 5) is 0.347. The summed E-state index contributed by atoms with van der Waals surface area (Å²) in [6.45, 7) is 12.3. The van der Waals surface area contributed by atoms with Gasteiger partial charge in [-0.3, -0.25) is 0 Å². The number of allylic oxidation sites excluding steroid dienone is 1. The average molecular weight is 388 g/mol. The van der Waals surface area contributed by atoms with Gasteiger partial charge in [0.05, 0.1) is 11.2 Å². The molecule has 0 bridgehead atoms. The fourth-order valence-electron chi connectivity index (χ4n) is 2.88. The summed E-state index contributed by atoms with van der Waals surface area (Å²) in [7, 11) is -3.81. The molecule has 0 atom stereocenters. The molecule has 0 aliphatic carbocycles. The fraction of sp³-hybridized carbons (Fsp3) is 0.409. The van der Waals surface area contributed by atoms with Crippen molar-refractivity contribution in [3.05, 3.63) is 59.1 Å². The minimum Gasteiger partial charge on any atom is -0.465 e. The molecule has 0 radical (unpaired) electrons. The van der Waals surface area contributed by atoms with E-state index in [1.54, 1.807) is 30.5 Å². The fourth-order valence-corrected chi connectivity index (χ4v) is 4.40. The van der Waals surface area contributed by atoms with Crippen molar-refractivity contribution in [3.63, 3.8) is 0 Å². The Morgan fingerprint density at radius 2 is 1.56 bits per heavy atom. The molecular weight excluding hydrogens is 358 g/mol. The van der Waals surface area contributed by atoms with E-state index in [1.807, 2.05) is 39.8 Å². The monoisotopic (exact) mass is 387 g/mol. The summed E-state index contributed by atoms with van der Waals surface area (Å²) in [5.41, 5.74) is 2.82. The molecule has 27 heavy (non-hydrogen) atoms. The van der Waals surface area contributed by atoms with Crippen LogP contribution in [0.3, 0.4) is 0 Å². The third-order valence-electron chi connectivity index (χ3n) is 4.43. The zero-order valence-corrected chi connectivity index (χ0v) is 17.7. The van der Waals surface area contributed by atoms with Gasteiger partial charge in [0, 0.05) is 6.21 Å². The summed E-state index contributed by atoms with van der Waals surface area (Å²) in [5.74, 6) is 1.14. The second kappa shape index (κ2) is 8.70. The molecular formula is C22H29NO3S. The minimum atomic E-state index is -3.81. The third-order valence-corrected chi connectivity index (χ3v) is 5.81. The van der Waals surface area contributed by atoms with E-state index in [0.29, 0.717) is 16.6 Å². The van der Waals surface area contributed by atoms with Crippen LogP contribution in [-0.4, -0.2) is 14.6 Å². The van der Waals surface area contributed by atoms with E-state index < -0.39 is 10.0 Å². The smallest absolute Gasteiger partial charge is 0.282 e. The van der Waals surface area contributed by atoms with Gasteiger partial charge in [-0.2, -0.15) is 12.8 Å². The molecule has 0 saturated carbocycles. The Bertz CT molecular complexity index is 889. The molecule has 0 aliphatic heterocycles. The maximum Gasteiger partial charge on any atom is 0.282 e. The van der Waals surface area contributed by atoms with Gasteiger partial charge in [-0.25, -0.2) is 0 Å². The molecule has 1 heterocycles. The predicted octanol–water partition coefficient (Wildman–Crippen LogP) is 6.12. The highest BCUT2D eigenvalue weighted by molar-refractivity contribution is 7.90. The normalized spacial score (nSPS) is 13.1. The van der Waals surface area contributed by atoms with Crippen LogP contribution >= 0.6 is 0 Å². The second-order valence-corrected chi connectivity index (χ2v) is 9.17. The zero-order chi connectivity index (χ0) is 20.2. The van der Waals surface area contributed by atoms with Crippen LogP contribution in [-0.2, 0) is 10.0 Å². The minimum absolute atomic E-state index is 0.0832. The Morgan fingerprint density at radius 3 is 2.00 bits per heavy atom. The lowest BCUT2D eigenvalue weighted by Gasteiger charge is -2.21. The van der Waals surface area contributed by atoms with Crippen LogP contribution < -0.4 is 0 Å². The van der Waals surface area contributed by atoms with Gasteiger partial charge in [0.2, 0.25) is 0 Å². The van der Waals surface area contributed by atoms with E-state index >= 15 is 0 Å². The van der Waals surface area contributed by atoms with Crippen molar-refractivity contribution in [2.45, 2.75) is 64.2 Å². The average Bonchev–Trinajstić information content (AvgIpc) is 3.10. The van der Waals surface area contributed by atoms with E-state index in [0.717, 1.165) is 16.7 Å². The highest BCUT2D eigenvalue weighted by atomic mass is 32.2. The summed E-state index contributed by atoms with van der Waals surface area (Å²) < 4.78 is 35.2. The molecule has 0 N–H and O–H groups in total. The number of hydrogen-bond donors (Lipinski definition) is 0. The van der Waals surface area contributed by atoms with E-state index in [2.05, 4.69) is 18.2 Å². The Kier molecular flexibility index (Phi) is 6.82. The summed E-state index contributed by atoms with van der Waals surface area (Å²) in [6.07, 6.45) is 6.12. The maximum absolute atomic E-state index is 13.1. The molecule has 0 unspecified atom stereocenters. The molecule has 2 aromatic rings. The van der Waals surface area contributed by atoms with Crippen molar-refractivity contribution in [2.75, 3.05) is 0 Å². The highest BCUT2D eigenvalue weighted by Crippen LogP contribution is 2.35. The first-order chi connectivity index (χ1) is 12.6. The molecule has 0 fully saturated rings. The van der Waals surface area contributed by atoms with Gasteiger partial charge in [-0.05, 0) is 58.7 Å². The Hall–Kier alpha value is -2.14. The van der Waals surface area contributed by atoms with Crippen LogP contribution in [0.2, 0.25) is 0 Å². The van der Waals surface area contributed by atoms with Crippen LogP contribution in [0, 0.1) is 0 Å². The lowest BCUT2D eigenvalue weighted by atomic mass is 9.89. The summed E-state index contributed by atoms with van der Waals surface area (Å²) >= 11 is 0. The Labute approximate surface area is 163 Å². The molecule has 5 heteroatoms. The van der Waals surface area contributed by atoms with E-state index in [1.165, 1.54) is 6.21 Å². The van der Waals surface area contributed by atoms with E-state index in [9.17, 15) is 8.42 Å². The van der Waals surface area contributed by atoms with Crippen molar-refractivity contribution in [2.24, 2.45) is 4.40 Å². The number of furan rings is 1. The number of rotatable bonds is 7. The molecule has 0 saturated heterocycles. The zero-order valence-electron chi connectivity index (χ0n) is 16.9. The third kappa shape index (κ3) is 5.19. The van der Waals surface area contributed by atoms with Gasteiger partial charge >= 0.3 is 0 Å². The number of sulfonamides is 1. The van der Waals surface area contributed by atoms with E-state index in [4.69, 9.17) is 4.42 Å². The lowest BCUT2D eigenvalue weighted by Crippen LogP contribution is -2.11. The Balaban J connectivity index is 2.53. The van der Waals surface area contributed by atoms with Crippen molar-refractivity contribution >= 4 is 22.3 Å². The van der Waals surface area contributed by atoms with Crippen LogP contribution in [0.4, 0.5) is 0 Å². The van der Waals surface area contributed by atoms with Gasteiger partial charge in [0.1, 0.15) is 5.76 Å². The van der Waals surface area contributed by atoms with Gasteiger partial charge in [-0.15, -0.1) is 0 Å². The number of benzene rings is 1. The van der Waals surface area contributed by atoms with Gasteiger partial charge in [-0.1, -0.05) is 53.7 Å². The highest BCUT2D eigenvalue weighted by Gasteiger charge is 2.26. The summed E-state index contributed by atoms with van der Waals surface area (Å²) in [6, 6.07) is 7.59. The molecule has 146 valence electrons. The molecule has 4 nitrogen and oxygen atoms in total. The first-order valence-corrected chi connectivity index (χ1v) is 10.8. The van der Waals surface area contributed by atoms with Gasteiger partial charge in [0.15, 0.2) is 0 Å². The van der Waals surface area contributed by atoms with Crippen molar-refractivity contribution in [1.29, 1.82) is 0 Å². The van der Waals surface area contributed by atoms with Crippen LogP contribution in [0.5, 0.6) is 0 Å².